The van der Waals surface area contributed by atoms with Crippen molar-refractivity contribution < 1.29 is 4.39 Å². The lowest BCUT2D eigenvalue weighted by atomic mass is 9.99. The van der Waals surface area contributed by atoms with E-state index >= 15 is 0 Å². The molecule has 0 saturated heterocycles. The van der Waals surface area contributed by atoms with Crippen LogP contribution in [0.5, 0.6) is 0 Å². The first-order valence-corrected chi connectivity index (χ1v) is 5.59. The maximum atomic E-state index is 13.2. The maximum Gasteiger partial charge on any atom is 0.123 e. The van der Waals surface area contributed by atoms with Crippen molar-refractivity contribution in [2.24, 2.45) is 5.73 Å². The molecule has 1 heterocycles. The van der Waals surface area contributed by atoms with Gasteiger partial charge in [-0.2, -0.15) is 0 Å². The summed E-state index contributed by atoms with van der Waals surface area (Å²) in [6, 6.07) is 7.59. The van der Waals surface area contributed by atoms with Crippen LogP contribution in [0.1, 0.15) is 22.9 Å². The van der Waals surface area contributed by atoms with E-state index in [0.29, 0.717) is 10.7 Å². The number of benzene rings is 1. The van der Waals surface area contributed by atoms with Gasteiger partial charge in [0.25, 0.3) is 0 Å². The van der Waals surface area contributed by atoms with Crippen molar-refractivity contribution >= 4 is 11.6 Å². The molecular weight excluding hydrogens is 239 g/mol. The monoisotopic (exact) mass is 250 g/mol. The minimum absolute atomic E-state index is 0.296. The summed E-state index contributed by atoms with van der Waals surface area (Å²) in [4.78, 5) is 4.15. The van der Waals surface area contributed by atoms with E-state index in [4.69, 9.17) is 17.3 Å². The van der Waals surface area contributed by atoms with Crippen LogP contribution >= 0.6 is 11.6 Å². The molecule has 0 saturated carbocycles. The lowest BCUT2D eigenvalue weighted by molar-refractivity contribution is 0.622. The Morgan fingerprint density at radius 3 is 2.71 bits per heavy atom. The smallest absolute Gasteiger partial charge is 0.123 e. The molecule has 0 aliphatic rings. The molecule has 0 radical (unpaired) electrons. The SMILES string of the molecule is Cc1ccc(F)cc1C(N)c1ccc(Cl)cn1. The first-order chi connectivity index (χ1) is 8.08. The van der Waals surface area contributed by atoms with Gasteiger partial charge in [0.1, 0.15) is 5.82 Å². The van der Waals surface area contributed by atoms with E-state index in [2.05, 4.69) is 4.98 Å². The minimum Gasteiger partial charge on any atom is -0.319 e. The van der Waals surface area contributed by atoms with Crippen molar-refractivity contribution in [3.05, 3.63) is 64.2 Å². The predicted molar refractivity (Wildman–Crippen MR) is 66.4 cm³/mol. The van der Waals surface area contributed by atoms with Crippen LogP contribution in [0.4, 0.5) is 4.39 Å². The normalized spacial score (nSPS) is 12.5. The zero-order chi connectivity index (χ0) is 12.4. The molecule has 1 unspecified atom stereocenters. The number of aromatic nitrogens is 1. The Hall–Kier alpha value is -1.45. The van der Waals surface area contributed by atoms with Crippen LogP contribution in [-0.2, 0) is 0 Å². The predicted octanol–water partition coefficient (Wildman–Crippen LogP) is 3.23. The summed E-state index contributed by atoms with van der Waals surface area (Å²) in [5.74, 6) is -0.296. The highest BCUT2D eigenvalue weighted by Crippen LogP contribution is 2.22. The summed E-state index contributed by atoms with van der Waals surface area (Å²) in [7, 11) is 0. The second kappa shape index (κ2) is 4.82. The number of aryl methyl sites for hydroxylation is 1. The lowest BCUT2D eigenvalue weighted by Crippen LogP contribution is -2.15. The first kappa shape index (κ1) is 12.0. The Morgan fingerprint density at radius 2 is 2.06 bits per heavy atom. The third-order valence-corrected chi connectivity index (χ3v) is 2.87. The van der Waals surface area contributed by atoms with Gasteiger partial charge in [-0.1, -0.05) is 17.7 Å². The highest BCUT2D eigenvalue weighted by atomic mass is 35.5. The molecule has 88 valence electrons. The Kier molecular flexibility index (Phi) is 3.41. The van der Waals surface area contributed by atoms with E-state index in [1.807, 2.05) is 6.92 Å². The molecule has 17 heavy (non-hydrogen) atoms. The summed E-state index contributed by atoms with van der Waals surface area (Å²) in [5, 5.41) is 0.553. The van der Waals surface area contributed by atoms with Gasteiger partial charge in [-0.05, 0) is 42.3 Å². The summed E-state index contributed by atoms with van der Waals surface area (Å²) in [6.45, 7) is 1.89. The molecule has 0 amide bonds. The minimum atomic E-state index is -0.442. The van der Waals surface area contributed by atoms with Crippen molar-refractivity contribution in [1.82, 2.24) is 4.98 Å². The molecule has 2 N–H and O–H groups in total. The highest BCUT2D eigenvalue weighted by molar-refractivity contribution is 6.30. The Morgan fingerprint density at radius 1 is 1.29 bits per heavy atom. The molecule has 0 aliphatic carbocycles. The number of rotatable bonds is 2. The zero-order valence-corrected chi connectivity index (χ0v) is 10.1. The number of hydrogen-bond donors (Lipinski definition) is 1. The van der Waals surface area contributed by atoms with E-state index < -0.39 is 6.04 Å². The second-order valence-electron chi connectivity index (χ2n) is 3.88. The number of nitrogens with zero attached hydrogens (tertiary/aromatic N) is 1. The van der Waals surface area contributed by atoms with Crippen LogP contribution in [0, 0.1) is 12.7 Å². The third-order valence-electron chi connectivity index (χ3n) is 2.65. The standard InChI is InChI=1S/C13H12ClFN2/c1-8-2-4-10(15)6-11(8)13(16)12-5-3-9(14)7-17-12/h2-7,13H,16H2,1H3. The Balaban J connectivity index is 2.39. The summed E-state index contributed by atoms with van der Waals surface area (Å²) in [6.07, 6.45) is 1.53. The van der Waals surface area contributed by atoms with Gasteiger partial charge in [-0.15, -0.1) is 0 Å². The van der Waals surface area contributed by atoms with Crippen LogP contribution in [0.2, 0.25) is 5.02 Å². The molecule has 4 heteroatoms. The number of hydrogen-bond acceptors (Lipinski definition) is 2. The van der Waals surface area contributed by atoms with Gasteiger partial charge in [0, 0.05) is 6.20 Å². The fraction of sp³-hybridized carbons (Fsp3) is 0.154. The summed E-state index contributed by atoms with van der Waals surface area (Å²) < 4.78 is 13.2. The largest absolute Gasteiger partial charge is 0.319 e. The molecule has 1 aromatic heterocycles. The molecule has 0 fully saturated rings. The maximum absolute atomic E-state index is 13.2. The fourth-order valence-corrected chi connectivity index (χ4v) is 1.79. The average Bonchev–Trinajstić information content (AvgIpc) is 2.32. The molecule has 2 rings (SSSR count). The quantitative estimate of drug-likeness (QED) is 0.889. The molecule has 0 aliphatic heterocycles. The van der Waals surface area contributed by atoms with Gasteiger partial charge >= 0.3 is 0 Å². The Labute approximate surface area is 104 Å². The van der Waals surface area contributed by atoms with E-state index in [9.17, 15) is 4.39 Å². The van der Waals surface area contributed by atoms with E-state index in [1.165, 1.54) is 18.3 Å². The van der Waals surface area contributed by atoms with Gasteiger partial charge in [-0.3, -0.25) is 4.98 Å². The van der Waals surface area contributed by atoms with Crippen LogP contribution in [0.15, 0.2) is 36.5 Å². The van der Waals surface area contributed by atoms with E-state index in [-0.39, 0.29) is 5.82 Å². The van der Waals surface area contributed by atoms with Crippen molar-refractivity contribution in [1.29, 1.82) is 0 Å². The Bertz CT molecular complexity index is 525. The number of nitrogens with two attached hydrogens (primary N) is 1. The van der Waals surface area contributed by atoms with Crippen molar-refractivity contribution in [2.45, 2.75) is 13.0 Å². The molecule has 1 aromatic carbocycles. The molecule has 2 nitrogen and oxygen atoms in total. The van der Waals surface area contributed by atoms with Crippen LogP contribution < -0.4 is 5.73 Å². The molecule has 2 aromatic rings. The number of halogens is 2. The van der Waals surface area contributed by atoms with Gasteiger partial charge < -0.3 is 5.73 Å². The van der Waals surface area contributed by atoms with Crippen molar-refractivity contribution in [2.75, 3.05) is 0 Å². The topological polar surface area (TPSA) is 38.9 Å². The lowest BCUT2D eigenvalue weighted by Gasteiger charge is -2.14. The average molecular weight is 251 g/mol. The van der Waals surface area contributed by atoms with Crippen LogP contribution in [0.25, 0.3) is 0 Å². The molecular formula is C13H12ClFN2. The van der Waals surface area contributed by atoms with Crippen LogP contribution in [0.3, 0.4) is 0 Å². The van der Waals surface area contributed by atoms with Gasteiger partial charge in [0.2, 0.25) is 0 Å². The van der Waals surface area contributed by atoms with E-state index in [0.717, 1.165) is 11.1 Å². The van der Waals surface area contributed by atoms with Crippen molar-refractivity contribution in [3.8, 4) is 0 Å². The van der Waals surface area contributed by atoms with Crippen LogP contribution in [-0.4, -0.2) is 4.98 Å². The van der Waals surface area contributed by atoms with Gasteiger partial charge in [-0.25, -0.2) is 4.39 Å². The molecule has 0 spiro atoms. The van der Waals surface area contributed by atoms with E-state index in [1.54, 1.807) is 18.2 Å². The zero-order valence-electron chi connectivity index (χ0n) is 9.32. The van der Waals surface area contributed by atoms with Crippen molar-refractivity contribution in [3.63, 3.8) is 0 Å². The summed E-state index contributed by atoms with van der Waals surface area (Å²) >= 11 is 5.76. The van der Waals surface area contributed by atoms with Gasteiger partial charge in [0.05, 0.1) is 16.8 Å². The highest BCUT2D eigenvalue weighted by Gasteiger charge is 2.13. The second-order valence-corrected chi connectivity index (χ2v) is 4.32. The number of pyridine rings is 1. The van der Waals surface area contributed by atoms with Gasteiger partial charge in [0.15, 0.2) is 0 Å². The molecule has 1 atom stereocenters. The fourth-order valence-electron chi connectivity index (χ4n) is 1.68. The first-order valence-electron chi connectivity index (χ1n) is 5.21. The summed E-state index contributed by atoms with van der Waals surface area (Å²) in [5.41, 5.74) is 8.41. The third kappa shape index (κ3) is 2.62. The molecule has 0 bridgehead atoms.